The number of hydrogen-bond donors (Lipinski definition) is 2. The largest absolute Gasteiger partial charge is 0.398 e. The zero-order valence-electron chi connectivity index (χ0n) is 13.1. The van der Waals surface area contributed by atoms with Crippen LogP contribution in [0.25, 0.3) is 0 Å². The smallest absolute Gasteiger partial charge is 0.251 e. The van der Waals surface area contributed by atoms with Gasteiger partial charge < -0.3 is 15.8 Å². The minimum absolute atomic E-state index is 0.0805. The molecule has 1 saturated heterocycles. The van der Waals surface area contributed by atoms with E-state index >= 15 is 0 Å². The van der Waals surface area contributed by atoms with Crippen molar-refractivity contribution in [2.75, 3.05) is 38.6 Å². The summed E-state index contributed by atoms with van der Waals surface area (Å²) in [4.78, 5) is 14.6. The minimum Gasteiger partial charge on any atom is -0.398 e. The summed E-state index contributed by atoms with van der Waals surface area (Å²) >= 11 is 0. The number of carbonyl (C=O) groups excluding carboxylic acids is 1. The third-order valence-corrected chi connectivity index (χ3v) is 4.09. The number of ether oxygens (including phenoxy) is 1. The Bertz CT molecular complexity index is 508. The average Bonchev–Trinajstić information content (AvgIpc) is 2.48. The number of carbonyl (C=O) groups is 1. The summed E-state index contributed by atoms with van der Waals surface area (Å²) < 4.78 is 5.37. The van der Waals surface area contributed by atoms with Gasteiger partial charge in [-0.2, -0.15) is 0 Å². The molecule has 0 bridgehead atoms. The van der Waals surface area contributed by atoms with Crippen molar-refractivity contribution in [1.82, 2.24) is 10.2 Å². The third-order valence-electron chi connectivity index (χ3n) is 4.09. The van der Waals surface area contributed by atoms with Crippen LogP contribution in [0.5, 0.6) is 0 Å². The number of anilines is 1. The molecule has 1 aromatic carbocycles. The van der Waals surface area contributed by atoms with Crippen LogP contribution >= 0.6 is 0 Å². The van der Waals surface area contributed by atoms with Crippen molar-refractivity contribution in [1.29, 1.82) is 0 Å². The van der Waals surface area contributed by atoms with Gasteiger partial charge in [-0.25, -0.2) is 0 Å². The fraction of sp³-hybridized carbons (Fsp3) is 0.562. The lowest BCUT2D eigenvalue weighted by molar-refractivity contribution is -0.00923. The monoisotopic (exact) mass is 291 g/mol. The Morgan fingerprint density at radius 1 is 1.38 bits per heavy atom. The fourth-order valence-electron chi connectivity index (χ4n) is 2.46. The van der Waals surface area contributed by atoms with Crippen LogP contribution in [0, 0.1) is 6.92 Å². The zero-order valence-corrected chi connectivity index (χ0v) is 13.1. The molecule has 0 saturated carbocycles. The molecule has 0 radical (unpaired) electrons. The molecular formula is C16H25N3O2. The molecule has 0 unspecified atom stereocenters. The summed E-state index contributed by atoms with van der Waals surface area (Å²) in [5.41, 5.74) is 8.01. The molecule has 0 aliphatic carbocycles. The van der Waals surface area contributed by atoms with Crippen LogP contribution < -0.4 is 11.1 Å². The van der Waals surface area contributed by atoms with Gasteiger partial charge in [0.25, 0.3) is 5.91 Å². The first-order valence-corrected chi connectivity index (χ1v) is 7.37. The summed E-state index contributed by atoms with van der Waals surface area (Å²) in [7, 11) is 0. The van der Waals surface area contributed by atoms with Crippen molar-refractivity contribution < 1.29 is 9.53 Å². The van der Waals surface area contributed by atoms with Crippen LogP contribution in [0.15, 0.2) is 18.2 Å². The maximum Gasteiger partial charge on any atom is 0.251 e. The predicted octanol–water partition coefficient (Wildman–Crippen LogP) is 1.42. The lowest BCUT2D eigenvalue weighted by Gasteiger charge is -2.40. The van der Waals surface area contributed by atoms with E-state index in [1.165, 1.54) is 0 Å². The molecule has 1 aliphatic heterocycles. The van der Waals surface area contributed by atoms with Crippen LogP contribution in [0.1, 0.15) is 29.8 Å². The van der Waals surface area contributed by atoms with E-state index in [4.69, 9.17) is 10.5 Å². The molecule has 21 heavy (non-hydrogen) atoms. The summed E-state index contributed by atoms with van der Waals surface area (Å²) in [5.74, 6) is -0.0805. The van der Waals surface area contributed by atoms with Crippen molar-refractivity contribution in [3.8, 4) is 0 Å². The van der Waals surface area contributed by atoms with Crippen LogP contribution in [-0.4, -0.2) is 49.2 Å². The maximum absolute atomic E-state index is 12.2. The SMILES string of the molecule is Cc1ccc(C(=O)NCC(C)(C)N2CCOCC2)cc1N. The number of morpholine rings is 1. The molecule has 5 nitrogen and oxygen atoms in total. The van der Waals surface area contributed by atoms with Crippen LogP contribution in [-0.2, 0) is 4.74 Å². The second kappa shape index (κ2) is 6.45. The quantitative estimate of drug-likeness (QED) is 0.823. The molecule has 116 valence electrons. The van der Waals surface area contributed by atoms with Crippen LogP contribution in [0.4, 0.5) is 5.69 Å². The number of hydrogen-bond acceptors (Lipinski definition) is 4. The molecule has 3 N–H and O–H groups in total. The number of nitrogens with one attached hydrogen (secondary N) is 1. The van der Waals surface area contributed by atoms with Crippen LogP contribution in [0.3, 0.4) is 0 Å². The first-order chi connectivity index (χ1) is 9.90. The van der Waals surface area contributed by atoms with E-state index in [0.717, 1.165) is 31.9 Å². The molecule has 0 spiro atoms. The highest BCUT2D eigenvalue weighted by molar-refractivity contribution is 5.95. The summed E-state index contributed by atoms with van der Waals surface area (Å²) in [6, 6.07) is 5.41. The molecule has 0 aromatic heterocycles. The first-order valence-electron chi connectivity index (χ1n) is 7.37. The van der Waals surface area contributed by atoms with E-state index in [1.807, 2.05) is 19.1 Å². The van der Waals surface area contributed by atoms with Gasteiger partial charge in [0, 0.05) is 36.4 Å². The number of amides is 1. The number of nitrogen functional groups attached to an aromatic ring is 1. The van der Waals surface area contributed by atoms with Crippen molar-refractivity contribution in [3.63, 3.8) is 0 Å². The summed E-state index contributed by atoms with van der Waals surface area (Å²) in [6.07, 6.45) is 0. The predicted molar refractivity (Wildman–Crippen MR) is 84.4 cm³/mol. The third kappa shape index (κ3) is 3.95. The topological polar surface area (TPSA) is 67.6 Å². The Hall–Kier alpha value is -1.59. The van der Waals surface area contributed by atoms with E-state index in [2.05, 4.69) is 24.1 Å². The van der Waals surface area contributed by atoms with Crippen molar-refractivity contribution in [2.45, 2.75) is 26.3 Å². The number of aryl methyl sites for hydroxylation is 1. The first kappa shape index (κ1) is 15.8. The van der Waals surface area contributed by atoms with Gasteiger partial charge in [-0.05, 0) is 38.5 Å². The lowest BCUT2D eigenvalue weighted by atomic mass is 10.0. The molecule has 1 fully saturated rings. The van der Waals surface area contributed by atoms with Gasteiger partial charge in [0.1, 0.15) is 0 Å². The average molecular weight is 291 g/mol. The standard InChI is InChI=1S/C16H25N3O2/c1-12-4-5-13(10-14(12)17)15(20)18-11-16(2,3)19-6-8-21-9-7-19/h4-5,10H,6-9,11,17H2,1-3H3,(H,18,20). The van der Waals surface area contributed by atoms with Crippen molar-refractivity contribution >= 4 is 11.6 Å². The Labute approximate surface area is 126 Å². The lowest BCUT2D eigenvalue weighted by Crippen LogP contribution is -2.55. The Morgan fingerprint density at radius 3 is 2.67 bits per heavy atom. The van der Waals surface area contributed by atoms with E-state index in [1.54, 1.807) is 6.07 Å². The molecule has 0 atom stereocenters. The zero-order chi connectivity index (χ0) is 15.5. The molecule has 1 aromatic rings. The van der Waals surface area contributed by atoms with Gasteiger partial charge in [-0.1, -0.05) is 6.07 Å². The normalized spacial score (nSPS) is 16.7. The molecule has 2 rings (SSSR count). The van der Waals surface area contributed by atoms with Gasteiger partial charge in [-0.15, -0.1) is 0 Å². The second-order valence-electron chi connectivity index (χ2n) is 6.17. The van der Waals surface area contributed by atoms with Gasteiger partial charge in [0.05, 0.1) is 13.2 Å². The number of rotatable bonds is 4. The molecule has 5 heteroatoms. The van der Waals surface area contributed by atoms with Gasteiger partial charge >= 0.3 is 0 Å². The van der Waals surface area contributed by atoms with Gasteiger partial charge in [-0.3, -0.25) is 9.69 Å². The molecule has 1 aliphatic rings. The Kier molecular flexibility index (Phi) is 4.85. The van der Waals surface area contributed by atoms with Gasteiger partial charge in [0.2, 0.25) is 0 Å². The highest BCUT2D eigenvalue weighted by atomic mass is 16.5. The van der Waals surface area contributed by atoms with E-state index in [-0.39, 0.29) is 11.4 Å². The maximum atomic E-state index is 12.2. The second-order valence-corrected chi connectivity index (χ2v) is 6.17. The molecule has 1 heterocycles. The highest BCUT2D eigenvalue weighted by Gasteiger charge is 2.28. The fourth-order valence-corrected chi connectivity index (χ4v) is 2.46. The van der Waals surface area contributed by atoms with Crippen molar-refractivity contribution in [3.05, 3.63) is 29.3 Å². The van der Waals surface area contributed by atoms with E-state index < -0.39 is 0 Å². The van der Waals surface area contributed by atoms with Crippen LogP contribution in [0.2, 0.25) is 0 Å². The number of benzene rings is 1. The molecule has 1 amide bonds. The van der Waals surface area contributed by atoms with E-state index in [0.29, 0.717) is 17.8 Å². The highest BCUT2D eigenvalue weighted by Crippen LogP contribution is 2.16. The number of nitrogens with two attached hydrogens (primary N) is 1. The molecular weight excluding hydrogens is 266 g/mol. The summed E-state index contributed by atoms with van der Waals surface area (Å²) in [6.45, 7) is 10.1. The van der Waals surface area contributed by atoms with E-state index in [9.17, 15) is 4.79 Å². The Morgan fingerprint density at radius 2 is 2.05 bits per heavy atom. The minimum atomic E-state index is -0.0876. The Balaban J connectivity index is 1.94. The van der Waals surface area contributed by atoms with Crippen molar-refractivity contribution in [2.24, 2.45) is 0 Å². The number of nitrogens with zero attached hydrogens (tertiary/aromatic N) is 1. The van der Waals surface area contributed by atoms with Gasteiger partial charge in [0.15, 0.2) is 0 Å². The summed E-state index contributed by atoms with van der Waals surface area (Å²) in [5, 5.41) is 3.01.